The number of nitrogens with zero attached hydrogens (tertiary/aromatic N) is 2. The zero-order chi connectivity index (χ0) is 14.5. The first kappa shape index (κ1) is 13.9. The predicted molar refractivity (Wildman–Crippen MR) is 78.9 cm³/mol. The van der Waals surface area contributed by atoms with Crippen molar-refractivity contribution in [2.24, 2.45) is 0 Å². The van der Waals surface area contributed by atoms with Gasteiger partial charge in [-0.15, -0.1) is 21.5 Å². The first-order chi connectivity index (χ1) is 10.3. The highest BCUT2D eigenvalue weighted by Gasteiger charge is 2.12. The van der Waals surface area contributed by atoms with Gasteiger partial charge in [0.25, 0.3) is 11.1 Å². The molecule has 0 radical (unpaired) electrons. The summed E-state index contributed by atoms with van der Waals surface area (Å²) in [4.78, 5) is 12.8. The molecule has 1 N–H and O–H groups in total. The first-order valence-corrected chi connectivity index (χ1v) is 7.97. The molecule has 0 bridgehead atoms. The molecule has 0 unspecified atom stereocenters. The fraction of sp³-hybridized carbons (Fsp3) is 0.154. The van der Waals surface area contributed by atoms with Crippen LogP contribution in [0.15, 0.2) is 50.0 Å². The second kappa shape index (κ2) is 6.59. The van der Waals surface area contributed by atoms with E-state index in [1.54, 1.807) is 23.5 Å². The average Bonchev–Trinajstić information content (AvgIpc) is 3.24. The van der Waals surface area contributed by atoms with E-state index in [0.717, 1.165) is 4.88 Å². The molecule has 3 aromatic rings. The molecule has 0 atom stereocenters. The van der Waals surface area contributed by atoms with Crippen LogP contribution >= 0.6 is 23.1 Å². The van der Waals surface area contributed by atoms with Crippen molar-refractivity contribution in [3.8, 4) is 11.7 Å². The van der Waals surface area contributed by atoms with Crippen LogP contribution in [-0.4, -0.2) is 21.9 Å². The summed E-state index contributed by atoms with van der Waals surface area (Å²) < 4.78 is 10.6. The molecule has 0 aromatic carbocycles. The number of thioether (sulfide) groups is 1. The highest BCUT2D eigenvalue weighted by Crippen LogP contribution is 2.23. The molecule has 0 saturated heterocycles. The third-order valence-electron chi connectivity index (χ3n) is 2.51. The summed E-state index contributed by atoms with van der Waals surface area (Å²) in [6.45, 7) is 0.540. The number of carbonyl (C=O) groups excluding carboxylic acids is 1. The van der Waals surface area contributed by atoms with E-state index >= 15 is 0 Å². The molecule has 3 aromatic heterocycles. The summed E-state index contributed by atoms with van der Waals surface area (Å²) in [5.74, 6) is 0.967. The molecule has 108 valence electrons. The molecular weight excluding hydrogens is 310 g/mol. The van der Waals surface area contributed by atoms with Gasteiger partial charge in [0.2, 0.25) is 5.91 Å². The SMILES string of the molecule is O=C(CSc1nnc(-c2ccco2)o1)NCc1cccs1. The predicted octanol–water partition coefficient (Wildman–Crippen LogP) is 2.80. The van der Waals surface area contributed by atoms with E-state index in [4.69, 9.17) is 8.83 Å². The van der Waals surface area contributed by atoms with Gasteiger partial charge < -0.3 is 14.2 Å². The number of carbonyl (C=O) groups is 1. The Bertz CT molecular complexity index is 692. The van der Waals surface area contributed by atoms with Crippen molar-refractivity contribution in [3.63, 3.8) is 0 Å². The molecule has 3 rings (SSSR count). The molecular formula is C13H11N3O3S2. The molecule has 21 heavy (non-hydrogen) atoms. The summed E-state index contributed by atoms with van der Waals surface area (Å²) in [6, 6.07) is 7.40. The lowest BCUT2D eigenvalue weighted by atomic mass is 10.4. The van der Waals surface area contributed by atoms with Gasteiger partial charge in [-0.3, -0.25) is 4.79 Å². The second-order valence-electron chi connectivity index (χ2n) is 4.00. The Morgan fingerprint density at radius 2 is 2.29 bits per heavy atom. The van der Waals surface area contributed by atoms with E-state index in [0.29, 0.717) is 23.4 Å². The average molecular weight is 321 g/mol. The third kappa shape index (κ3) is 3.73. The molecule has 1 amide bonds. The Morgan fingerprint density at radius 1 is 1.33 bits per heavy atom. The van der Waals surface area contributed by atoms with Gasteiger partial charge in [0.1, 0.15) is 0 Å². The Morgan fingerprint density at radius 3 is 3.05 bits per heavy atom. The van der Waals surface area contributed by atoms with Crippen molar-refractivity contribution in [2.45, 2.75) is 11.8 Å². The molecule has 0 fully saturated rings. The number of hydrogen-bond acceptors (Lipinski definition) is 7. The number of aromatic nitrogens is 2. The van der Waals surface area contributed by atoms with Crippen molar-refractivity contribution < 1.29 is 13.6 Å². The maximum atomic E-state index is 11.7. The fourth-order valence-electron chi connectivity index (χ4n) is 1.55. The van der Waals surface area contributed by atoms with Crippen LogP contribution in [0.5, 0.6) is 0 Å². The molecule has 8 heteroatoms. The number of rotatable bonds is 6. The largest absolute Gasteiger partial charge is 0.459 e. The zero-order valence-corrected chi connectivity index (χ0v) is 12.4. The lowest BCUT2D eigenvalue weighted by Gasteiger charge is -2.01. The maximum Gasteiger partial charge on any atom is 0.284 e. The van der Waals surface area contributed by atoms with Crippen LogP contribution in [0.25, 0.3) is 11.7 Å². The van der Waals surface area contributed by atoms with Gasteiger partial charge in [-0.05, 0) is 23.6 Å². The van der Waals surface area contributed by atoms with E-state index in [9.17, 15) is 4.79 Å². The number of amides is 1. The Hall–Kier alpha value is -2.06. The highest BCUT2D eigenvalue weighted by atomic mass is 32.2. The van der Waals surface area contributed by atoms with Crippen molar-refractivity contribution in [1.29, 1.82) is 0 Å². The lowest BCUT2D eigenvalue weighted by Crippen LogP contribution is -2.24. The van der Waals surface area contributed by atoms with Crippen LogP contribution in [-0.2, 0) is 11.3 Å². The maximum absolute atomic E-state index is 11.7. The lowest BCUT2D eigenvalue weighted by molar-refractivity contribution is -0.118. The van der Waals surface area contributed by atoms with Crippen LogP contribution in [0.4, 0.5) is 0 Å². The Labute approximate surface area is 128 Å². The monoisotopic (exact) mass is 321 g/mol. The fourth-order valence-corrected chi connectivity index (χ4v) is 2.78. The minimum Gasteiger partial charge on any atom is -0.459 e. The van der Waals surface area contributed by atoms with Crippen molar-refractivity contribution in [3.05, 3.63) is 40.8 Å². The highest BCUT2D eigenvalue weighted by molar-refractivity contribution is 7.99. The molecule has 3 heterocycles. The smallest absolute Gasteiger partial charge is 0.284 e. The number of thiophene rings is 1. The van der Waals surface area contributed by atoms with Crippen LogP contribution in [0.3, 0.4) is 0 Å². The molecule has 0 aliphatic heterocycles. The van der Waals surface area contributed by atoms with Gasteiger partial charge in [0.05, 0.1) is 18.6 Å². The summed E-state index contributed by atoms with van der Waals surface area (Å²) >= 11 is 2.80. The third-order valence-corrected chi connectivity index (χ3v) is 4.20. The van der Waals surface area contributed by atoms with Crippen LogP contribution in [0, 0.1) is 0 Å². The standard InChI is InChI=1S/C13H11N3O3S2/c17-11(14-7-9-3-2-6-20-9)8-21-13-16-15-12(19-13)10-4-1-5-18-10/h1-6H,7-8H2,(H,14,17). The minimum atomic E-state index is -0.0776. The Balaban J connectivity index is 1.47. The minimum absolute atomic E-state index is 0.0776. The summed E-state index contributed by atoms with van der Waals surface area (Å²) in [5, 5.41) is 12.9. The zero-order valence-electron chi connectivity index (χ0n) is 10.8. The summed E-state index contributed by atoms with van der Waals surface area (Å²) in [5.41, 5.74) is 0. The topological polar surface area (TPSA) is 81.2 Å². The van der Waals surface area contributed by atoms with E-state index in [1.807, 2.05) is 17.5 Å². The van der Waals surface area contributed by atoms with Gasteiger partial charge in [-0.25, -0.2) is 0 Å². The molecule has 0 aliphatic carbocycles. The molecule has 0 aliphatic rings. The second-order valence-corrected chi connectivity index (χ2v) is 5.95. The van der Waals surface area contributed by atoms with E-state index in [2.05, 4.69) is 15.5 Å². The molecule has 6 nitrogen and oxygen atoms in total. The van der Waals surface area contributed by atoms with E-state index < -0.39 is 0 Å². The van der Waals surface area contributed by atoms with E-state index in [1.165, 1.54) is 18.0 Å². The van der Waals surface area contributed by atoms with E-state index in [-0.39, 0.29) is 11.7 Å². The van der Waals surface area contributed by atoms with Crippen molar-refractivity contribution in [2.75, 3.05) is 5.75 Å². The normalized spacial score (nSPS) is 10.7. The summed E-state index contributed by atoms with van der Waals surface area (Å²) in [7, 11) is 0. The van der Waals surface area contributed by atoms with Crippen molar-refractivity contribution >= 4 is 29.0 Å². The van der Waals surface area contributed by atoms with Gasteiger partial charge in [-0.2, -0.15) is 0 Å². The van der Waals surface area contributed by atoms with Gasteiger partial charge >= 0.3 is 0 Å². The summed E-state index contributed by atoms with van der Waals surface area (Å²) in [6.07, 6.45) is 1.53. The molecule has 0 saturated carbocycles. The quantitative estimate of drug-likeness (QED) is 0.703. The Kier molecular flexibility index (Phi) is 4.37. The van der Waals surface area contributed by atoms with Crippen LogP contribution < -0.4 is 5.32 Å². The van der Waals surface area contributed by atoms with Gasteiger partial charge in [-0.1, -0.05) is 17.8 Å². The number of furan rings is 1. The van der Waals surface area contributed by atoms with Crippen LogP contribution in [0.1, 0.15) is 4.88 Å². The van der Waals surface area contributed by atoms with Gasteiger partial charge in [0.15, 0.2) is 5.76 Å². The molecule has 0 spiro atoms. The number of hydrogen-bond donors (Lipinski definition) is 1. The van der Waals surface area contributed by atoms with Crippen molar-refractivity contribution in [1.82, 2.24) is 15.5 Å². The van der Waals surface area contributed by atoms with Gasteiger partial charge in [0, 0.05) is 4.88 Å². The van der Waals surface area contributed by atoms with Crippen LogP contribution in [0.2, 0.25) is 0 Å². The number of nitrogens with one attached hydrogen (secondary N) is 1. The first-order valence-electron chi connectivity index (χ1n) is 6.10.